The van der Waals surface area contributed by atoms with Gasteiger partial charge in [0.05, 0.1) is 12.2 Å². The summed E-state index contributed by atoms with van der Waals surface area (Å²) in [6, 6.07) is 14.9. The van der Waals surface area contributed by atoms with Gasteiger partial charge in [-0.2, -0.15) is 0 Å². The third-order valence-corrected chi connectivity index (χ3v) is 3.80. The van der Waals surface area contributed by atoms with E-state index in [1.807, 2.05) is 37.3 Å². The number of carbonyl (C=O) groups excluding carboxylic acids is 1. The topological polar surface area (TPSA) is 102 Å². The molecule has 27 heavy (non-hydrogen) atoms. The zero-order valence-corrected chi connectivity index (χ0v) is 15.2. The van der Waals surface area contributed by atoms with Gasteiger partial charge in [0.2, 0.25) is 0 Å². The van der Waals surface area contributed by atoms with E-state index in [1.54, 1.807) is 25.1 Å². The van der Waals surface area contributed by atoms with E-state index in [1.165, 1.54) is 6.33 Å². The summed E-state index contributed by atoms with van der Waals surface area (Å²) in [5, 5.41) is 6.32. The van der Waals surface area contributed by atoms with Crippen molar-refractivity contribution >= 4 is 34.7 Å². The molecule has 0 radical (unpaired) electrons. The molecule has 138 valence electrons. The van der Waals surface area contributed by atoms with Crippen molar-refractivity contribution in [1.29, 1.82) is 0 Å². The molecule has 0 aliphatic carbocycles. The quantitative estimate of drug-likeness (QED) is 0.568. The maximum absolute atomic E-state index is 11.9. The van der Waals surface area contributed by atoms with Crippen molar-refractivity contribution in [2.24, 2.45) is 0 Å². The van der Waals surface area contributed by atoms with E-state index in [9.17, 15) is 4.79 Å². The number of anilines is 5. The van der Waals surface area contributed by atoms with Crippen molar-refractivity contribution in [1.82, 2.24) is 9.97 Å². The van der Waals surface area contributed by atoms with Crippen LogP contribution in [-0.2, 0) is 4.74 Å². The molecule has 3 aromatic rings. The highest BCUT2D eigenvalue weighted by atomic mass is 16.5. The molecule has 4 N–H and O–H groups in total. The van der Waals surface area contributed by atoms with Gasteiger partial charge in [0.25, 0.3) is 0 Å². The predicted octanol–water partition coefficient (Wildman–Crippen LogP) is 4.03. The minimum Gasteiger partial charge on any atom is -0.462 e. The highest BCUT2D eigenvalue weighted by Gasteiger charge is 2.11. The first-order chi connectivity index (χ1) is 13.1. The monoisotopic (exact) mass is 363 g/mol. The third-order valence-electron chi connectivity index (χ3n) is 3.80. The SMILES string of the molecule is CCOC(=O)c1cccc(Nc2ncnc(Nc3cccc(C)c3)c2N)c1. The van der Waals surface area contributed by atoms with Gasteiger partial charge >= 0.3 is 5.97 Å². The first kappa shape index (κ1) is 18.2. The van der Waals surface area contributed by atoms with Crippen molar-refractivity contribution < 1.29 is 9.53 Å². The van der Waals surface area contributed by atoms with E-state index in [2.05, 4.69) is 20.6 Å². The van der Waals surface area contributed by atoms with Crippen LogP contribution in [-0.4, -0.2) is 22.5 Å². The Kier molecular flexibility index (Phi) is 5.51. The van der Waals surface area contributed by atoms with Gasteiger partial charge in [-0.3, -0.25) is 0 Å². The van der Waals surface area contributed by atoms with Gasteiger partial charge in [-0.05, 0) is 49.7 Å². The van der Waals surface area contributed by atoms with E-state index in [0.717, 1.165) is 11.3 Å². The van der Waals surface area contributed by atoms with Crippen LogP contribution in [0.3, 0.4) is 0 Å². The molecule has 0 atom stereocenters. The fourth-order valence-electron chi connectivity index (χ4n) is 2.53. The molecule has 0 saturated carbocycles. The molecule has 7 nitrogen and oxygen atoms in total. The molecule has 2 aromatic carbocycles. The highest BCUT2D eigenvalue weighted by molar-refractivity contribution is 5.91. The molecule has 0 amide bonds. The van der Waals surface area contributed by atoms with Gasteiger partial charge in [-0.25, -0.2) is 14.8 Å². The molecular formula is C20H21N5O2. The van der Waals surface area contributed by atoms with Crippen molar-refractivity contribution in [2.75, 3.05) is 23.0 Å². The molecule has 0 aliphatic heterocycles. The Morgan fingerprint density at radius 3 is 2.30 bits per heavy atom. The van der Waals surface area contributed by atoms with E-state index < -0.39 is 0 Å². The molecule has 1 heterocycles. The number of aryl methyl sites for hydroxylation is 1. The van der Waals surface area contributed by atoms with Crippen LogP contribution in [0, 0.1) is 6.92 Å². The van der Waals surface area contributed by atoms with E-state index in [-0.39, 0.29) is 5.97 Å². The van der Waals surface area contributed by atoms with Crippen LogP contribution in [0.4, 0.5) is 28.7 Å². The van der Waals surface area contributed by atoms with Gasteiger partial charge in [-0.15, -0.1) is 0 Å². The molecular weight excluding hydrogens is 342 g/mol. The maximum Gasteiger partial charge on any atom is 0.338 e. The molecule has 0 saturated heterocycles. The number of ether oxygens (including phenoxy) is 1. The number of nitrogens with one attached hydrogen (secondary N) is 2. The van der Waals surface area contributed by atoms with Crippen molar-refractivity contribution in [2.45, 2.75) is 13.8 Å². The zero-order valence-electron chi connectivity index (χ0n) is 15.2. The number of rotatable bonds is 6. The molecule has 0 spiro atoms. The molecule has 0 fully saturated rings. The maximum atomic E-state index is 11.9. The predicted molar refractivity (Wildman–Crippen MR) is 107 cm³/mol. The Morgan fingerprint density at radius 2 is 1.67 bits per heavy atom. The fourth-order valence-corrected chi connectivity index (χ4v) is 2.53. The van der Waals surface area contributed by atoms with E-state index in [0.29, 0.717) is 35.2 Å². The smallest absolute Gasteiger partial charge is 0.338 e. The number of nitrogens with two attached hydrogens (primary N) is 1. The number of aromatic nitrogens is 2. The number of nitrogens with zero attached hydrogens (tertiary/aromatic N) is 2. The number of carbonyl (C=O) groups is 1. The second-order valence-corrected chi connectivity index (χ2v) is 5.91. The van der Waals surface area contributed by atoms with Gasteiger partial charge < -0.3 is 21.1 Å². The summed E-state index contributed by atoms with van der Waals surface area (Å²) in [6.45, 7) is 4.10. The van der Waals surface area contributed by atoms with Crippen LogP contribution in [0.1, 0.15) is 22.8 Å². The van der Waals surface area contributed by atoms with Gasteiger partial charge in [0, 0.05) is 11.4 Å². The summed E-state index contributed by atoms with van der Waals surface area (Å²) in [5.74, 6) is 0.569. The summed E-state index contributed by atoms with van der Waals surface area (Å²) in [4.78, 5) is 20.3. The summed E-state index contributed by atoms with van der Waals surface area (Å²) in [6.07, 6.45) is 1.42. The van der Waals surface area contributed by atoms with Gasteiger partial charge in [-0.1, -0.05) is 18.2 Å². The lowest BCUT2D eigenvalue weighted by molar-refractivity contribution is 0.0526. The van der Waals surface area contributed by atoms with E-state index >= 15 is 0 Å². The first-order valence-corrected chi connectivity index (χ1v) is 8.55. The van der Waals surface area contributed by atoms with Crippen LogP contribution in [0.2, 0.25) is 0 Å². The number of nitrogen functional groups attached to an aromatic ring is 1. The number of esters is 1. The molecule has 0 bridgehead atoms. The Balaban J connectivity index is 1.82. The fraction of sp³-hybridized carbons (Fsp3) is 0.150. The zero-order chi connectivity index (χ0) is 19.2. The third kappa shape index (κ3) is 4.52. The average molecular weight is 363 g/mol. The van der Waals surface area contributed by atoms with Gasteiger partial charge in [0.15, 0.2) is 11.6 Å². The highest BCUT2D eigenvalue weighted by Crippen LogP contribution is 2.28. The molecule has 0 aliphatic rings. The second-order valence-electron chi connectivity index (χ2n) is 5.91. The summed E-state index contributed by atoms with van der Waals surface area (Å²) >= 11 is 0. The largest absolute Gasteiger partial charge is 0.462 e. The molecule has 7 heteroatoms. The minimum absolute atomic E-state index is 0.323. The molecule has 0 unspecified atom stereocenters. The Labute approximate surface area is 157 Å². The summed E-state index contributed by atoms with van der Waals surface area (Å²) < 4.78 is 5.02. The average Bonchev–Trinajstić information content (AvgIpc) is 2.65. The number of benzene rings is 2. The van der Waals surface area contributed by atoms with Crippen LogP contribution in [0.5, 0.6) is 0 Å². The second kappa shape index (κ2) is 8.18. The first-order valence-electron chi connectivity index (χ1n) is 8.55. The number of hydrogen-bond acceptors (Lipinski definition) is 7. The lowest BCUT2D eigenvalue weighted by Crippen LogP contribution is -2.07. The number of hydrogen-bond donors (Lipinski definition) is 3. The van der Waals surface area contributed by atoms with Crippen molar-refractivity contribution in [3.05, 3.63) is 66.0 Å². The van der Waals surface area contributed by atoms with Crippen LogP contribution < -0.4 is 16.4 Å². The standard InChI is InChI=1S/C20H21N5O2/c1-3-27-20(26)14-7-5-9-16(11-14)25-19-17(21)18(22-12-23-19)24-15-8-4-6-13(2)10-15/h4-12H,3,21H2,1-2H3,(H2,22,23,24,25). The molecule has 3 rings (SSSR count). The van der Waals surface area contributed by atoms with Crippen molar-refractivity contribution in [3.63, 3.8) is 0 Å². The lowest BCUT2D eigenvalue weighted by Gasteiger charge is -2.13. The normalized spacial score (nSPS) is 10.3. The minimum atomic E-state index is -0.376. The Morgan fingerprint density at radius 1 is 1.04 bits per heavy atom. The van der Waals surface area contributed by atoms with E-state index in [4.69, 9.17) is 10.5 Å². The Hall–Kier alpha value is -3.61. The van der Waals surface area contributed by atoms with Crippen LogP contribution in [0.25, 0.3) is 0 Å². The van der Waals surface area contributed by atoms with Gasteiger partial charge in [0.1, 0.15) is 12.0 Å². The van der Waals surface area contributed by atoms with Crippen LogP contribution in [0.15, 0.2) is 54.9 Å². The summed E-state index contributed by atoms with van der Waals surface area (Å²) in [7, 11) is 0. The van der Waals surface area contributed by atoms with Crippen LogP contribution >= 0.6 is 0 Å². The molecule has 1 aromatic heterocycles. The Bertz CT molecular complexity index is 959. The lowest BCUT2D eigenvalue weighted by atomic mass is 10.2. The summed E-state index contributed by atoms with van der Waals surface area (Å²) in [5.41, 5.74) is 9.73. The van der Waals surface area contributed by atoms with Crippen molar-refractivity contribution in [3.8, 4) is 0 Å².